The van der Waals surface area contributed by atoms with Crippen LogP contribution in [-0.4, -0.2) is 54.5 Å². The number of hydrogen-bond acceptors (Lipinski definition) is 7. The Morgan fingerprint density at radius 1 is 1.43 bits per heavy atom. The van der Waals surface area contributed by atoms with E-state index in [4.69, 9.17) is 19.6 Å². The molecule has 0 unspecified atom stereocenters. The van der Waals surface area contributed by atoms with Crippen molar-refractivity contribution in [3.05, 3.63) is 33.1 Å². The summed E-state index contributed by atoms with van der Waals surface area (Å²) in [6, 6.07) is 1.00. The summed E-state index contributed by atoms with van der Waals surface area (Å²) in [7, 11) is -4.94. The first-order chi connectivity index (χ1) is 9.73. The van der Waals surface area contributed by atoms with Gasteiger partial charge in [-0.25, -0.2) is 9.36 Å². The zero-order valence-electron chi connectivity index (χ0n) is 10.4. The molecule has 118 valence electrons. The molecule has 12 heteroatoms. The number of nitrogens with zero attached hydrogens (tertiary/aromatic N) is 1. The molecule has 4 atom stereocenters. The van der Waals surface area contributed by atoms with Gasteiger partial charge in [0, 0.05) is 12.3 Å². The molecule has 1 fully saturated rings. The number of nitrogens with one attached hydrogen (secondary N) is 1. The van der Waals surface area contributed by atoms with Gasteiger partial charge in [-0.15, -0.1) is 0 Å². The number of aromatic nitrogens is 2. The maximum absolute atomic E-state index is 11.6. The molecule has 2 heterocycles. The van der Waals surface area contributed by atoms with Crippen LogP contribution < -0.4 is 11.2 Å². The molecule has 0 spiro atoms. The maximum atomic E-state index is 11.6. The largest absolute Gasteiger partial charge is 0.470 e. The highest BCUT2D eigenvalue weighted by atomic mass is 31.2. The molecule has 5 N–H and O–H groups in total. The topological polar surface area (TPSA) is 171 Å². The smallest absolute Gasteiger partial charge is 0.394 e. The van der Waals surface area contributed by atoms with Crippen LogP contribution in [0.15, 0.2) is 21.9 Å². The Balaban J connectivity index is 2.33. The van der Waals surface area contributed by atoms with Gasteiger partial charge >= 0.3 is 13.5 Å². The average molecular weight is 324 g/mol. The van der Waals surface area contributed by atoms with Crippen LogP contribution in [0.3, 0.4) is 0 Å². The lowest BCUT2D eigenvalue weighted by Crippen LogP contribution is -2.38. The Bertz CT molecular complexity index is 664. The summed E-state index contributed by atoms with van der Waals surface area (Å²) in [6.07, 6.45) is -4.76. The number of rotatable bonds is 4. The predicted octanol–water partition coefficient (Wildman–Crippen LogP) is -2.73. The molecule has 21 heavy (non-hydrogen) atoms. The summed E-state index contributed by atoms with van der Waals surface area (Å²) in [5.74, 6) is 0. The standard InChI is InChI=1S/C9H13N2O9P/c12-3-4-7(20-21(16,17)18)6(14)8(19-4)11-2-1-5(13)10-9(11)15/h1-2,4,6-8,12,14H,3H2,(H,10,13,15)(H2,16,17,18)/t4-,6+,7-,8-/m1/s1. The second-order valence-electron chi connectivity index (χ2n) is 4.32. The first-order valence-electron chi connectivity index (χ1n) is 5.73. The van der Waals surface area contributed by atoms with Gasteiger partial charge in [-0.3, -0.25) is 18.9 Å². The van der Waals surface area contributed by atoms with Crippen LogP contribution in [0, 0.1) is 0 Å². The van der Waals surface area contributed by atoms with Crippen molar-refractivity contribution in [1.29, 1.82) is 0 Å². The molecule has 1 saturated heterocycles. The monoisotopic (exact) mass is 324 g/mol. The Morgan fingerprint density at radius 2 is 2.10 bits per heavy atom. The second-order valence-corrected chi connectivity index (χ2v) is 5.51. The van der Waals surface area contributed by atoms with Crippen LogP contribution in [-0.2, 0) is 13.8 Å². The van der Waals surface area contributed by atoms with Crippen molar-refractivity contribution in [1.82, 2.24) is 9.55 Å². The predicted molar refractivity (Wildman–Crippen MR) is 65.2 cm³/mol. The molecule has 0 aromatic carbocycles. The third kappa shape index (κ3) is 3.47. The van der Waals surface area contributed by atoms with Crippen LogP contribution in [0.5, 0.6) is 0 Å². The Hall–Kier alpha value is -1.33. The van der Waals surface area contributed by atoms with E-state index in [0.717, 1.165) is 16.8 Å². The summed E-state index contributed by atoms with van der Waals surface area (Å²) < 4.78 is 21.2. The van der Waals surface area contributed by atoms with Crippen molar-refractivity contribution in [2.24, 2.45) is 0 Å². The fourth-order valence-electron chi connectivity index (χ4n) is 2.01. The van der Waals surface area contributed by atoms with E-state index in [9.17, 15) is 19.3 Å². The normalized spacial score (nSPS) is 29.7. The molecule has 0 saturated carbocycles. The fourth-order valence-corrected chi connectivity index (χ4v) is 2.59. The molecule has 0 aliphatic carbocycles. The van der Waals surface area contributed by atoms with Crippen LogP contribution in [0.25, 0.3) is 0 Å². The van der Waals surface area contributed by atoms with E-state index in [2.05, 4.69) is 4.52 Å². The molecule has 0 radical (unpaired) electrons. The zero-order chi connectivity index (χ0) is 15.8. The fraction of sp³-hybridized carbons (Fsp3) is 0.556. The van der Waals surface area contributed by atoms with Crippen molar-refractivity contribution in [2.75, 3.05) is 6.61 Å². The summed E-state index contributed by atoms with van der Waals surface area (Å²) in [5.41, 5.74) is -1.55. The highest BCUT2D eigenvalue weighted by Crippen LogP contribution is 2.43. The first kappa shape index (κ1) is 16.0. The summed E-state index contributed by atoms with van der Waals surface area (Å²) in [4.78, 5) is 42.1. The number of aromatic amines is 1. The molecular weight excluding hydrogens is 311 g/mol. The lowest BCUT2D eigenvalue weighted by Gasteiger charge is -2.20. The molecule has 1 aliphatic rings. The average Bonchev–Trinajstić information content (AvgIpc) is 2.65. The molecule has 1 aromatic heterocycles. The van der Waals surface area contributed by atoms with Gasteiger partial charge in [0.25, 0.3) is 5.56 Å². The lowest BCUT2D eigenvalue weighted by atomic mass is 10.1. The number of ether oxygens (including phenoxy) is 1. The van der Waals surface area contributed by atoms with E-state index in [0.29, 0.717) is 0 Å². The van der Waals surface area contributed by atoms with Crippen LogP contribution >= 0.6 is 7.82 Å². The van der Waals surface area contributed by atoms with Gasteiger partial charge in [0.05, 0.1) is 6.61 Å². The van der Waals surface area contributed by atoms with Crippen LogP contribution in [0.1, 0.15) is 6.23 Å². The minimum atomic E-state index is -4.94. The van der Waals surface area contributed by atoms with Crippen molar-refractivity contribution in [3.63, 3.8) is 0 Å². The van der Waals surface area contributed by atoms with Crippen molar-refractivity contribution in [3.8, 4) is 0 Å². The first-order valence-corrected chi connectivity index (χ1v) is 7.26. The number of phosphoric acid groups is 1. The Morgan fingerprint density at radius 3 is 2.62 bits per heavy atom. The van der Waals surface area contributed by atoms with Gasteiger partial charge in [-0.2, -0.15) is 0 Å². The maximum Gasteiger partial charge on any atom is 0.470 e. The van der Waals surface area contributed by atoms with Gasteiger partial charge in [-0.1, -0.05) is 0 Å². The van der Waals surface area contributed by atoms with Crippen LogP contribution in [0.4, 0.5) is 0 Å². The third-order valence-corrected chi connectivity index (χ3v) is 3.39. The van der Waals surface area contributed by atoms with Crippen molar-refractivity contribution >= 4 is 7.82 Å². The Kier molecular flexibility index (Phi) is 4.44. The van der Waals surface area contributed by atoms with E-state index < -0.39 is 50.2 Å². The van der Waals surface area contributed by atoms with Gasteiger partial charge in [0.15, 0.2) is 6.23 Å². The van der Waals surface area contributed by atoms with Gasteiger partial charge < -0.3 is 24.7 Å². The summed E-state index contributed by atoms with van der Waals surface area (Å²) in [6.45, 7) is -0.698. The quantitative estimate of drug-likeness (QED) is 0.368. The van der Waals surface area contributed by atoms with Crippen LogP contribution in [0.2, 0.25) is 0 Å². The van der Waals surface area contributed by atoms with Gasteiger partial charge in [-0.05, 0) is 0 Å². The van der Waals surface area contributed by atoms with E-state index in [1.807, 2.05) is 4.98 Å². The molecule has 0 amide bonds. The van der Waals surface area contributed by atoms with E-state index in [1.54, 1.807) is 0 Å². The third-order valence-electron chi connectivity index (χ3n) is 2.87. The lowest BCUT2D eigenvalue weighted by molar-refractivity contribution is -0.0549. The zero-order valence-corrected chi connectivity index (χ0v) is 11.3. The van der Waals surface area contributed by atoms with Crippen molar-refractivity contribution < 1.29 is 33.8 Å². The van der Waals surface area contributed by atoms with E-state index in [-0.39, 0.29) is 0 Å². The van der Waals surface area contributed by atoms with E-state index >= 15 is 0 Å². The minimum Gasteiger partial charge on any atom is -0.394 e. The van der Waals surface area contributed by atoms with Gasteiger partial charge in [0.2, 0.25) is 0 Å². The Labute approximate surface area is 116 Å². The summed E-state index contributed by atoms with van der Waals surface area (Å²) in [5, 5.41) is 19.1. The van der Waals surface area contributed by atoms with E-state index in [1.165, 1.54) is 0 Å². The number of H-pyrrole nitrogens is 1. The number of hydrogen-bond donors (Lipinski definition) is 5. The SMILES string of the molecule is O=c1ccn([C@@H]2O[C@H](CO)[C@@H](OP(=O)(O)O)[C@@H]2O)c(=O)[nH]1. The molecular formula is C9H13N2O9P. The number of aliphatic hydroxyl groups is 2. The van der Waals surface area contributed by atoms with Gasteiger partial charge in [0.1, 0.15) is 18.3 Å². The highest BCUT2D eigenvalue weighted by molar-refractivity contribution is 7.46. The summed E-state index contributed by atoms with van der Waals surface area (Å²) >= 11 is 0. The molecule has 11 nitrogen and oxygen atoms in total. The minimum absolute atomic E-state index is 0.662. The second kappa shape index (κ2) is 5.81. The van der Waals surface area contributed by atoms with Crippen molar-refractivity contribution in [2.45, 2.75) is 24.5 Å². The molecule has 1 aliphatic heterocycles. The molecule has 2 rings (SSSR count). The highest BCUT2D eigenvalue weighted by Gasteiger charge is 2.48. The number of aliphatic hydroxyl groups excluding tert-OH is 2. The molecule has 1 aromatic rings. The molecule has 0 bridgehead atoms. The number of phosphoric ester groups is 1.